The maximum atomic E-state index is 13.3. The van der Waals surface area contributed by atoms with Crippen LogP contribution in [-0.2, 0) is 10.3 Å². The van der Waals surface area contributed by atoms with Crippen LogP contribution < -0.4 is 9.80 Å². The molecule has 4 aromatic heterocycles. The van der Waals surface area contributed by atoms with Crippen molar-refractivity contribution in [3.63, 3.8) is 0 Å². The van der Waals surface area contributed by atoms with Crippen molar-refractivity contribution < 1.29 is 14.2 Å². The fraction of sp³-hybridized carbons (Fsp3) is 0.345. The van der Waals surface area contributed by atoms with Gasteiger partial charge >= 0.3 is 0 Å². The number of piperazine rings is 1. The summed E-state index contributed by atoms with van der Waals surface area (Å²) in [6.45, 7) is 6.04. The zero-order valence-electron chi connectivity index (χ0n) is 22.6. The molecule has 0 radical (unpaired) electrons. The van der Waals surface area contributed by atoms with E-state index in [2.05, 4.69) is 52.1 Å². The van der Waals surface area contributed by atoms with Crippen LogP contribution in [0, 0.1) is 5.82 Å². The van der Waals surface area contributed by atoms with E-state index < -0.39 is 5.60 Å². The summed E-state index contributed by atoms with van der Waals surface area (Å²) < 4.78 is 20.8. The van der Waals surface area contributed by atoms with Crippen LogP contribution in [0.1, 0.15) is 30.5 Å². The monoisotopic (exact) mass is 555 g/mol. The Balaban J connectivity index is 1.05. The van der Waals surface area contributed by atoms with Crippen LogP contribution in [0.5, 0.6) is 0 Å². The topological polar surface area (TPSA) is 121 Å². The second kappa shape index (κ2) is 10.2. The summed E-state index contributed by atoms with van der Waals surface area (Å²) in [4.78, 5) is 26.0. The second-order valence-electron chi connectivity index (χ2n) is 10.7. The highest BCUT2D eigenvalue weighted by molar-refractivity contribution is 5.91. The van der Waals surface area contributed by atoms with Gasteiger partial charge in [0.2, 0.25) is 5.95 Å². The first-order chi connectivity index (χ1) is 20.0. The van der Waals surface area contributed by atoms with Gasteiger partial charge < -0.3 is 24.6 Å². The maximum Gasteiger partial charge on any atom is 0.225 e. The molecule has 7 rings (SSSR count). The number of hydrogen-bond donors (Lipinski definition) is 2. The van der Waals surface area contributed by atoms with E-state index in [1.54, 1.807) is 37.8 Å². The van der Waals surface area contributed by atoms with Crippen molar-refractivity contribution in [1.29, 1.82) is 0 Å². The van der Waals surface area contributed by atoms with Gasteiger partial charge in [0, 0.05) is 62.5 Å². The first-order valence-corrected chi connectivity index (χ1v) is 13.7. The Morgan fingerprint density at radius 3 is 2.46 bits per heavy atom. The third kappa shape index (κ3) is 4.78. The molecule has 6 heterocycles. The summed E-state index contributed by atoms with van der Waals surface area (Å²) >= 11 is 0. The van der Waals surface area contributed by atoms with Gasteiger partial charge in [0.1, 0.15) is 29.2 Å². The second-order valence-corrected chi connectivity index (χ2v) is 10.7. The number of aromatic amines is 1. The van der Waals surface area contributed by atoms with Crippen molar-refractivity contribution in [3.8, 4) is 11.3 Å². The molecule has 2 N–H and O–H groups in total. The molecule has 11 nitrogen and oxygen atoms in total. The molecule has 0 bridgehead atoms. The lowest BCUT2D eigenvalue weighted by atomic mass is 9.90. The summed E-state index contributed by atoms with van der Waals surface area (Å²) in [7, 11) is 0. The third-order valence-corrected chi connectivity index (χ3v) is 8.07. The van der Waals surface area contributed by atoms with E-state index >= 15 is 0 Å². The van der Waals surface area contributed by atoms with Crippen LogP contribution in [-0.4, -0.2) is 79.2 Å². The normalized spacial score (nSPS) is 19.1. The first kappa shape index (κ1) is 25.5. The Kier molecular flexibility index (Phi) is 6.36. The number of fused-ring (bicyclic) bond motifs is 1. The van der Waals surface area contributed by atoms with Crippen LogP contribution in [0.4, 0.5) is 16.2 Å². The number of rotatable bonds is 6. The minimum Gasteiger partial charge on any atom is -0.381 e. The van der Waals surface area contributed by atoms with Gasteiger partial charge in [0.05, 0.1) is 29.9 Å². The van der Waals surface area contributed by atoms with Crippen LogP contribution in [0.15, 0.2) is 61.4 Å². The van der Waals surface area contributed by atoms with Crippen molar-refractivity contribution in [2.45, 2.75) is 25.0 Å². The van der Waals surface area contributed by atoms with Gasteiger partial charge in [-0.1, -0.05) is 12.1 Å². The SMILES string of the molecule is CC(O)(c1ccc(F)cc1)c1cnc(N2CCN(c3ncnc4[nH]c(-c5cnn(C6CCOC6)c5)cc34)CC2)nc1. The van der Waals surface area contributed by atoms with Crippen molar-refractivity contribution in [3.05, 3.63) is 78.4 Å². The number of aromatic nitrogens is 7. The van der Waals surface area contributed by atoms with Crippen LogP contribution in [0.25, 0.3) is 22.3 Å². The third-order valence-electron chi connectivity index (χ3n) is 8.07. The van der Waals surface area contributed by atoms with Gasteiger partial charge in [-0.2, -0.15) is 5.10 Å². The Bertz CT molecular complexity index is 1650. The minimum absolute atomic E-state index is 0.280. The number of ether oxygens (including phenoxy) is 1. The number of nitrogens with zero attached hydrogens (tertiary/aromatic N) is 8. The Hall–Kier alpha value is -4.42. The van der Waals surface area contributed by atoms with Crippen LogP contribution in [0.2, 0.25) is 0 Å². The molecule has 2 saturated heterocycles. The molecule has 2 aliphatic rings. The number of hydrogen-bond acceptors (Lipinski definition) is 9. The highest BCUT2D eigenvalue weighted by Crippen LogP contribution is 2.31. The highest BCUT2D eigenvalue weighted by Gasteiger charge is 2.28. The largest absolute Gasteiger partial charge is 0.381 e. The van der Waals surface area contributed by atoms with Gasteiger partial charge in [-0.15, -0.1) is 0 Å². The predicted octanol–water partition coefficient (Wildman–Crippen LogP) is 3.29. The lowest BCUT2D eigenvalue weighted by Crippen LogP contribution is -2.47. The van der Waals surface area contributed by atoms with E-state index in [0.717, 1.165) is 54.2 Å². The molecule has 0 spiro atoms. The number of aliphatic hydroxyl groups is 1. The van der Waals surface area contributed by atoms with Crippen LogP contribution >= 0.6 is 0 Å². The minimum atomic E-state index is -1.33. The number of H-pyrrole nitrogens is 1. The number of anilines is 2. The van der Waals surface area contributed by atoms with E-state index in [0.29, 0.717) is 36.8 Å². The standard InChI is InChI=1S/C29H30FN9O2/c1-29(40,20-2-4-22(30)5-3-20)21-14-31-28(32-15-21)38-9-7-37(8-10-38)27-24-12-25(36-26(24)33-18-34-27)19-13-35-39(16-19)23-6-11-41-17-23/h2-5,12-16,18,23,40H,6-11,17H2,1H3,(H,33,34,36). The molecule has 2 aliphatic heterocycles. The Morgan fingerprint density at radius 2 is 1.73 bits per heavy atom. The van der Waals surface area contributed by atoms with Gasteiger partial charge in [0.15, 0.2) is 0 Å². The Morgan fingerprint density at radius 1 is 0.976 bits per heavy atom. The number of nitrogens with one attached hydrogen (secondary N) is 1. The average molecular weight is 556 g/mol. The van der Waals surface area contributed by atoms with E-state index in [-0.39, 0.29) is 11.9 Å². The average Bonchev–Trinajstić information content (AvgIpc) is 3.78. The quantitative estimate of drug-likeness (QED) is 0.325. The molecule has 12 heteroatoms. The van der Waals surface area contributed by atoms with E-state index in [4.69, 9.17) is 4.74 Å². The summed E-state index contributed by atoms with van der Waals surface area (Å²) in [6, 6.07) is 8.18. The molecular weight excluding hydrogens is 525 g/mol. The van der Waals surface area contributed by atoms with Gasteiger partial charge in [0.25, 0.3) is 0 Å². The number of halogens is 1. The molecule has 1 aromatic carbocycles. The van der Waals surface area contributed by atoms with E-state index in [1.807, 2.05) is 10.9 Å². The summed E-state index contributed by atoms with van der Waals surface area (Å²) in [6.07, 6.45) is 9.77. The zero-order chi connectivity index (χ0) is 28.0. The molecule has 41 heavy (non-hydrogen) atoms. The van der Waals surface area contributed by atoms with Crippen LogP contribution in [0.3, 0.4) is 0 Å². The van der Waals surface area contributed by atoms with E-state index in [1.165, 1.54) is 12.1 Å². The van der Waals surface area contributed by atoms with E-state index in [9.17, 15) is 9.50 Å². The van der Waals surface area contributed by atoms with Gasteiger partial charge in [-0.25, -0.2) is 24.3 Å². The zero-order valence-corrected chi connectivity index (χ0v) is 22.6. The molecule has 210 valence electrons. The maximum absolute atomic E-state index is 13.3. The fourth-order valence-corrected chi connectivity index (χ4v) is 5.54. The van der Waals surface area contributed by atoms with Crippen molar-refractivity contribution in [1.82, 2.24) is 34.7 Å². The summed E-state index contributed by atoms with van der Waals surface area (Å²) in [5.74, 6) is 1.14. The molecular formula is C29H30FN9O2. The molecule has 0 saturated carbocycles. The summed E-state index contributed by atoms with van der Waals surface area (Å²) in [5.41, 5.74) is 2.53. The first-order valence-electron chi connectivity index (χ1n) is 13.7. The molecule has 0 aliphatic carbocycles. The fourth-order valence-electron chi connectivity index (χ4n) is 5.54. The lowest BCUT2D eigenvalue weighted by molar-refractivity contribution is 0.101. The predicted molar refractivity (Wildman–Crippen MR) is 151 cm³/mol. The van der Waals surface area contributed by atoms with Crippen molar-refractivity contribution >= 4 is 22.8 Å². The Labute approximate surface area is 235 Å². The molecule has 0 amide bonds. The molecule has 2 atom stereocenters. The molecule has 2 unspecified atom stereocenters. The van der Waals surface area contributed by atoms with Crippen molar-refractivity contribution in [2.24, 2.45) is 0 Å². The highest BCUT2D eigenvalue weighted by atomic mass is 19.1. The molecule has 2 fully saturated rings. The smallest absolute Gasteiger partial charge is 0.225 e. The van der Waals surface area contributed by atoms with Gasteiger partial charge in [-0.05, 0) is 37.1 Å². The van der Waals surface area contributed by atoms with Crippen molar-refractivity contribution in [2.75, 3.05) is 49.2 Å². The molecule has 5 aromatic rings. The lowest BCUT2D eigenvalue weighted by Gasteiger charge is -2.35. The summed E-state index contributed by atoms with van der Waals surface area (Å²) in [5, 5.41) is 16.6. The number of benzene rings is 1. The van der Waals surface area contributed by atoms with Gasteiger partial charge in [-0.3, -0.25) is 4.68 Å².